The highest BCUT2D eigenvalue weighted by Crippen LogP contribution is 2.08. The normalized spacial score (nSPS) is 12.4. The molecule has 14 heavy (non-hydrogen) atoms. The van der Waals surface area contributed by atoms with Crippen LogP contribution in [0.1, 0.15) is 5.56 Å². The molecule has 1 atom stereocenters. The maximum absolute atomic E-state index is 13.4. The first-order valence-corrected chi connectivity index (χ1v) is 4.49. The molecule has 0 aromatic heterocycles. The van der Waals surface area contributed by atoms with Gasteiger partial charge in [0.15, 0.2) is 6.30 Å². The van der Waals surface area contributed by atoms with Gasteiger partial charge >= 0.3 is 0 Å². The molecule has 1 aromatic rings. The smallest absolute Gasteiger partial charge is 0.158 e. The number of nitrogens with zero attached hydrogens (tertiary/aromatic N) is 2. The third-order valence-corrected chi connectivity index (χ3v) is 2.05. The van der Waals surface area contributed by atoms with E-state index < -0.39 is 6.30 Å². The van der Waals surface area contributed by atoms with Crippen LogP contribution < -0.4 is 0 Å². The Morgan fingerprint density at radius 3 is 2.64 bits per heavy atom. The Morgan fingerprint density at radius 2 is 2.07 bits per heavy atom. The van der Waals surface area contributed by atoms with Gasteiger partial charge in [0, 0.05) is 6.42 Å². The fourth-order valence-electron chi connectivity index (χ4n) is 1.18. The molecule has 0 aliphatic heterocycles. The summed E-state index contributed by atoms with van der Waals surface area (Å²) in [5.74, 6) is 0. The summed E-state index contributed by atoms with van der Waals surface area (Å²) in [6.45, 7) is 0.119. The molecule has 1 rings (SSSR count). The average Bonchev–Trinajstić information content (AvgIpc) is 2.19. The Bertz CT molecular complexity index is 305. The molecule has 1 aromatic carbocycles. The van der Waals surface area contributed by atoms with E-state index in [-0.39, 0.29) is 6.54 Å². The zero-order valence-electron chi connectivity index (χ0n) is 8.15. The summed E-state index contributed by atoms with van der Waals surface area (Å²) in [7, 11) is 1.61. The predicted octanol–water partition coefficient (Wildman–Crippen LogP) is 1.98. The van der Waals surface area contributed by atoms with Gasteiger partial charge in [-0.2, -0.15) is 5.26 Å². The van der Waals surface area contributed by atoms with Gasteiger partial charge in [0.25, 0.3) is 0 Å². The van der Waals surface area contributed by atoms with Crippen molar-refractivity contribution < 1.29 is 4.39 Å². The summed E-state index contributed by atoms with van der Waals surface area (Å²) in [5.41, 5.74) is 0.949. The lowest BCUT2D eigenvalue weighted by atomic mass is 10.1. The van der Waals surface area contributed by atoms with Crippen LogP contribution in [-0.4, -0.2) is 24.8 Å². The van der Waals surface area contributed by atoms with E-state index in [0.717, 1.165) is 5.56 Å². The molecule has 0 saturated heterocycles. The Morgan fingerprint density at radius 1 is 1.43 bits per heavy atom. The third kappa shape index (κ3) is 3.15. The fourth-order valence-corrected chi connectivity index (χ4v) is 1.18. The summed E-state index contributed by atoms with van der Waals surface area (Å²) >= 11 is 0. The first-order valence-electron chi connectivity index (χ1n) is 4.49. The van der Waals surface area contributed by atoms with Crippen LogP contribution in [0.15, 0.2) is 30.3 Å². The molecule has 0 spiro atoms. The number of likely N-dealkylation sites (N-methyl/N-ethyl adjacent to an activating group) is 1. The zero-order chi connectivity index (χ0) is 10.4. The van der Waals surface area contributed by atoms with Crippen molar-refractivity contribution in [1.82, 2.24) is 4.90 Å². The van der Waals surface area contributed by atoms with Crippen LogP contribution in [-0.2, 0) is 6.42 Å². The lowest BCUT2D eigenvalue weighted by Gasteiger charge is -2.17. The van der Waals surface area contributed by atoms with Crippen LogP contribution in [0.25, 0.3) is 0 Å². The number of nitriles is 1. The SMILES string of the molecule is CN(CC#N)C([18F])Cc1ccccc1. The Labute approximate surface area is 83.6 Å². The van der Waals surface area contributed by atoms with Crippen LogP contribution in [0.3, 0.4) is 0 Å². The molecule has 0 fully saturated rings. The summed E-state index contributed by atoms with van der Waals surface area (Å²) in [6, 6.07) is 11.3. The second-order valence-electron chi connectivity index (χ2n) is 3.20. The van der Waals surface area contributed by atoms with Gasteiger partial charge in [-0.3, -0.25) is 4.90 Å². The monoisotopic (exact) mass is 191 g/mol. The van der Waals surface area contributed by atoms with Gasteiger partial charge in [-0.15, -0.1) is 0 Å². The van der Waals surface area contributed by atoms with E-state index in [1.54, 1.807) is 7.05 Å². The molecule has 0 N–H and O–H groups in total. The molecule has 0 heterocycles. The van der Waals surface area contributed by atoms with E-state index in [1.807, 2.05) is 36.4 Å². The molecular weight excluding hydrogens is 178 g/mol. The Hall–Kier alpha value is -1.40. The predicted molar refractivity (Wildman–Crippen MR) is 53.3 cm³/mol. The minimum absolute atomic E-state index is 0.119. The van der Waals surface area contributed by atoms with E-state index in [1.165, 1.54) is 4.90 Å². The summed E-state index contributed by atoms with van der Waals surface area (Å²) in [6.07, 6.45) is -0.754. The first-order chi connectivity index (χ1) is 6.74. The number of halogens is 1. The second kappa shape index (κ2) is 5.36. The number of rotatable bonds is 4. The summed E-state index contributed by atoms with van der Waals surface area (Å²) < 4.78 is 13.4. The molecule has 0 aliphatic carbocycles. The van der Waals surface area contributed by atoms with Crippen molar-refractivity contribution in [2.45, 2.75) is 12.7 Å². The van der Waals surface area contributed by atoms with Crippen molar-refractivity contribution in [1.29, 1.82) is 5.26 Å². The Balaban J connectivity index is 2.49. The molecule has 1 unspecified atom stereocenters. The van der Waals surface area contributed by atoms with E-state index in [2.05, 4.69) is 0 Å². The van der Waals surface area contributed by atoms with E-state index >= 15 is 0 Å². The van der Waals surface area contributed by atoms with Crippen molar-refractivity contribution in [2.75, 3.05) is 13.6 Å². The van der Waals surface area contributed by atoms with E-state index in [9.17, 15) is 4.39 Å². The molecule has 74 valence electrons. The highest BCUT2D eigenvalue weighted by Gasteiger charge is 2.12. The Kier molecular flexibility index (Phi) is 4.09. The van der Waals surface area contributed by atoms with Gasteiger partial charge in [0.1, 0.15) is 0 Å². The minimum atomic E-state index is -1.09. The van der Waals surface area contributed by atoms with Crippen LogP contribution in [0.4, 0.5) is 4.39 Å². The highest BCUT2D eigenvalue weighted by molar-refractivity contribution is 5.15. The molecular formula is C11H13FN2. The standard InChI is InChI=1S/C11H13FN2/c1-14(8-7-13)11(12)9-10-5-3-2-4-6-10/h2-6,11H,8-9H2,1H3/i12-1. The quantitative estimate of drug-likeness (QED) is 0.537. The maximum atomic E-state index is 13.4. The van der Waals surface area contributed by atoms with Gasteiger partial charge in [-0.25, -0.2) is 4.39 Å². The molecule has 0 amide bonds. The summed E-state index contributed by atoms with van der Waals surface area (Å²) in [4.78, 5) is 1.40. The van der Waals surface area contributed by atoms with Gasteiger partial charge in [-0.05, 0) is 12.6 Å². The van der Waals surface area contributed by atoms with Gasteiger partial charge in [0.2, 0.25) is 0 Å². The number of benzene rings is 1. The largest absolute Gasteiger partial charge is 0.263 e. The zero-order valence-corrected chi connectivity index (χ0v) is 8.15. The molecule has 0 saturated carbocycles. The molecule has 2 nitrogen and oxygen atoms in total. The third-order valence-electron chi connectivity index (χ3n) is 2.05. The molecule has 0 aliphatic rings. The van der Waals surface area contributed by atoms with Crippen LogP contribution in [0, 0.1) is 11.3 Å². The second-order valence-corrected chi connectivity index (χ2v) is 3.20. The highest BCUT2D eigenvalue weighted by atomic mass is 18.2. The average molecular weight is 191 g/mol. The number of alkyl halides is 1. The lowest BCUT2D eigenvalue weighted by molar-refractivity contribution is 0.124. The van der Waals surface area contributed by atoms with E-state index in [4.69, 9.17) is 5.26 Å². The van der Waals surface area contributed by atoms with Gasteiger partial charge in [0.05, 0.1) is 12.6 Å². The molecule has 3 heteroatoms. The van der Waals surface area contributed by atoms with Crippen LogP contribution >= 0.6 is 0 Å². The molecule has 0 bridgehead atoms. The fraction of sp³-hybridized carbons (Fsp3) is 0.364. The van der Waals surface area contributed by atoms with Crippen LogP contribution in [0.5, 0.6) is 0 Å². The lowest BCUT2D eigenvalue weighted by Crippen LogP contribution is -2.29. The first kappa shape index (κ1) is 10.7. The maximum Gasteiger partial charge on any atom is 0.158 e. The number of hydrogen-bond acceptors (Lipinski definition) is 2. The topological polar surface area (TPSA) is 27.0 Å². The van der Waals surface area contributed by atoms with E-state index in [0.29, 0.717) is 6.42 Å². The van der Waals surface area contributed by atoms with Gasteiger partial charge < -0.3 is 0 Å². The van der Waals surface area contributed by atoms with Crippen LogP contribution in [0.2, 0.25) is 0 Å². The van der Waals surface area contributed by atoms with Crippen molar-refractivity contribution >= 4 is 0 Å². The van der Waals surface area contributed by atoms with Crippen molar-refractivity contribution in [3.8, 4) is 6.07 Å². The minimum Gasteiger partial charge on any atom is -0.263 e. The van der Waals surface area contributed by atoms with Crippen molar-refractivity contribution in [3.63, 3.8) is 0 Å². The molecule has 0 radical (unpaired) electrons. The van der Waals surface area contributed by atoms with Crippen molar-refractivity contribution in [3.05, 3.63) is 35.9 Å². The number of hydrogen-bond donors (Lipinski definition) is 0. The summed E-state index contributed by atoms with van der Waals surface area (Å²) in [5, 5.41) is 8.39. The van der Waals surface area contributed by atoms with Gasteiger partial charge in [-0.1, -0.05) is 30.3 Å². The van der Waals surface area contributed by atoms with Crippen molar-refractivity contribution in [2.24, 2.45) is 0 Å².